The molecule has 0 aromatic heterocycles. The van der Waals surface area contributed by atoms with Crippen molar-refractivity contribution in [2.75, 3.05) is 31.2 Å². The predicted molar refractivity (Wildman–Crippen MR) is 82.5 cm³/mol. The lowest BCUT2D eigenvalue weighted by Gasteiger charge is -2.37. The number of rotatable bonds is 3. The Morgan fingerprint density at radius 1 is 1.33 bits per heavy atom. The summed E-state index contributed by atoms with van der Waals surface area (Å²) in [7, 11) is -3.19. The normalized spacial score (nSPS) is 25.4. The molecular weight excluding hydrogens is 342 g/mol. The molecule has 0 aliphatic carbocycles. The zero-order chi connectivity index (χ0) is 17.5. The minimum Gasteiger partial charge on any atom is -0.481 e. The number of nitrogens with zero attached hydrogens (tertiary/aromatic N) is 1. The number of fused-ring (bicyclic) bond motifs is 1. The van der Waals surface area contributed by atoms with E-state index in [-0.39, 0.29) is 28.9 Å². The predicted octanol–water partition coefficient (Wildman–Crippen LogP) is 0.249. The second-order valence-corrected chi connectivity index (χ2v) is 8.24. The number of hydrogen-bond donors (Lipinski definition) is 1. The quantitative estimate of drug-likeness (QED) is 0.836. The number of piperazine rings is 1. The van der Waals surface area contributed by atoms with Gasteiger partial charge in [0.15, 0.2) is 28.0 Å². The van der Waals surface area contributed by atoms with E-state index in [1.54, 1.807) is 0 Å². The van der Waals surface area contributed by atoms with Gasteiger partial charge in [0.25, 0.3) is 5.91 Å². The summed E-state index contributed by atoms with van der Waals surface area (Å²) in [5, 5.41) is 3.09. The monoisotopic (exact) mass is 360 g/mol. The molecule has 2 aliphatic rings. The molecule has 2 heterocycles. The number of benzene rings is 1. The number of aryl methyl sites for hydroxylation is 1. The van der Waals surface area contributed by atoms with E-state index in [0.29, 0.717) is 13.1 Å². The fourth-order valence-electron chi connectivity index (χ4n) is 3.14. The number of sulfone groups is 1. The van der Waals surface area contributed by atoms with Crippen LogP contribution in [0.25, 0.3) is 0 Å². The lowest BCUT2D eigenvalue weighted by atomic mass is 10.1. The Morgan fingerprint density at radius 2 is 2.08 bits per heavy atom. The second kappa shape index (κ2) is 6.29. The van der Waals surface area contributed by atoms with E-state index in [2.05, 4.69) is 5.32 Å². The Labute approximate surface area is 138 Å². The summed E-state index contributed by atoms with van der Waals surface area (Å²) in [5.74, 6) is -3.01. The molecule has 2 saturated heterocycles. The summed E-state index contributed by atoms with van der Waals surface area (Å²) < 4.78 is 55.9. The van der Waals surface area contributed by atoms with Gasteiger partial charge >= 0.3 is 0 Å². The maximum Gasteiger partial charge on any atom is 0.260 e. The number of ether oxygens (including phenoxy) is 1. The maximum atomic E-state index is 13.8. The fourth-order valence-corrected chi connectivity index (χ4v) is 5.10. The highest BCUT2D eigenvalue weighted by molar-refractivity contribution is 7.91. The van der Waals surface area contributed by atoms with Crippen LogP contribution < -0.4 is 10.1 Å². The van der Waals surface area contributed by atoms with Crippen LogP contribution in [0.2, 0.25) is 0 Å². The van der Waals surface area contributed by atoms with Crippen molar-refractivity contribution < 1.29 is 26.7 Å². The molecule has 1 amide bonds. The van der Waals surface area contributed by atoms with Crippen LogP contribution in [0.15, 0.2) is 12.1 Å². The maximum absolute atomic E-state index is 13.8. The number of amides is 1. The van der Waals surface area contributed by atoms with Crippen molar-refractivity contribution in [1.82, 2.24) is 10.2 Å². The van der Waals surface area contributed by atoms with E-state index in [9.17, 15) is 22.0 Å². The second-order valence-electron chi connectivity index (χ2n) is 6.09. The highest BCUT2D eigenvalue weighted by Gasteiger charge is 2.44. The van der Waals surface area contributed by atoms with Crippen LogP contribution in [0.5, 0.6) is 5.75 Å². The van der Waals surface area contributed by atoms with Crippen LogP contribution in [-0.4, -0.2) is 62.5 Å². The lowest BCUT2D eigenvalue weighted by molar-refractivity contribution is -0.136. The molecule has 3 rings (SSSR count). The van der Waals surface area contributed by atoms with Crippen LogP contribution >= 0.6 is 0 Å². The Bertz CT molecular complexity index is 769. The Hall–Kier alpha value is -1.74. The van der Waals surface area contributed by atoms with Gasteiger partial charge < -0.3 is 15.0 Å². The summed E-state index contributed by atoms with van der Waals surface area (Å²) in [5.41, 5.74) is 0.146. The first kappa shape index (κ1) is 17.1. The molecular formula is C15H18F2N2O4S. The first-order chi connectivity index (χ1) is 11.3. The van der Waals surface area contributed by atoms with Gasteiger partial charge in [-0.15, -0.1) is 0 Å². The fraction of sp³-hybridized carbons (Fsp3) is 0.533. The summed E-state index contributed by atoms with van der Waals surface area (Å²) in [4.78, 5) is 13.8. The van der Waals surface area contributed by atoms with Crippen molar-refractivity contribution in [3.63, 3.8) is 0 Å². The van der Waals surface area contributed by atoms with E-state index in [0.717, 1.165) is 0 Å². The molecule has 0 radical (unpaired) electrons. The van der Waals surface area contributed by atoms with Crippen LogP contribution in [-0.2, 0) is 14.6 Å². The van der Waals surface area contributed by atoms with Gasteiger partial charge in [-0.1, -0.05) is 6.07 Å². The molecule has 6 nitrogen and oxygen atoms in total. The molecule has 9 heteroatoms. The topological polar surface area (TPSA) is 75.7 Å². The van der Waals surface area contributed by atoms with Gasteiger partial charge in [0.05, 0.1) is 17.5 Å². The van der Waals surface area contributed by atoms with Gasteiger partial charge in [-0.25, -0.2) is 12.8 Å². The molecule has 0 saturated carbocycles. The third-order valence-corrected chi connectivity index (χ3v) is 6.11. The van der Waals surface area contributed by atoms with Gasteiger partial charge in [-0.2, -0.15) is 4.39 Å². The van der Waals surface area contributed by atoms with Crippen molar-refractivity contribution in [3.8, 4) is 5.75 Å². The highest BCUT2D eigenvalue weighted by atomic mass is 32.2. The molecule has 24 heavy (non-hydrogen) atoms. The molecule has 132 valence electrons. The summed E-state index contributed by atoms with van der Waals surface area (Å²) in [6.07, 6.45) is 0. The van der Waals surface area contributed by atoms with Crippen LogP contribution in [0.3, 0.4) is 0 Å². The molecule has 0 unspecified atom stereocenters. The van der Waals surface area contributed by atoms with Crippen molar-refractivity contribution in [2.45, 2.75) is 19.0 Å². The van der Waals surface area contributed by atoms with Crippen molar-refractivity contribution in [2.24, 2.45) is 0 Å². The number of hydrogen-bond acceptors (Lipinski definition) is 5. The van der Waals surface area contributed by atoms with Crippen LogP contribution in [0, 0.1) is 18.6 Å². The number of halogens is 2. The van der Waals surface area contributed by atoms with Gasteiger partial charge in [-0.05, 0) is 18.6 Å². The average molecular weight is 360 g/mol. The van der Waals surface area contributed by atoms with E-state index >= 15 is 0 Å². The van der Waals surface area contributed by atoms with Crippen molar-refractivity contribution in [3.05, 3.63) is 29.3 Å². The van der Waals surface area contributed by atoms with Crippen molar-refractivity contribution in [1.29, 1.82) is 0 Å². The van der Waals surface area contributed by atoms with Gasteiger partial charge in [0, 0.05) is 19.1 Å². The summed E-state index contributed by atoms with van der Waals surface area (Å²) in [6.45, 7) is 1.79. The largest absolute Gasteiger partial charge is 0.481 e. The third-order valence-electron chi connectivity index (χ3n) is 4.39. The Kier molecular flexibility index (Phi) is 4.48. The smallest absolute Gasteiger partial charge is 0.260 e. The Balaban J connectivity index is 1.68. The number of nitrogens with one attached hydrogen (secondary N) is 1. The van der Waals surface area contributed by atoms with Crippen molar-refractivity contribution >= 4 is 15.7 Å². The van der Waals surface area contributed by atoms with E-state index in [1.165, 1.54) is 24.0 Å². The highest BCUT2D eigenvalue weighted by Crippen LogP contribution is 2.24. The van der Waals surface area contributed by atoms with E-state index in [4.69, 9.17) is 4.74 Å². The summed E-state index contributed by atoms with van der Waals surface area (Å²) >= 11 is 0. The number of carbonyl (C=O) groups is 1. The molecule has 1 N–H and O–H groups in total. The lowest BCUT2D eigenvalue weighted by Crippen LogP contribution is -2.59. The first-order valence-corrected chi connectivity index (χ1v) is 9.41. The molecule has 0 spiro atoms. The standard InChI is InChI=1S/C15H18F2N2O4S/c1-9-2-3-12(15(17)14(9)16)23-6-13(20)19-5-4-18-10-7-24(21,22)8-11(10)19/h2-3,10-11,18H,4-8H2,1H3/t10-,11+/m0/s1. The number of carbonyl (C=O) groups excluding carboxylic acids is 1. The molecule has 1 aromatic carbocycles. The minimum absolute atomic E-state index is 0.000104. The molecule has 1 aromatic rings. The molecule has 2 atom stereocenters. The van der Waals surface area contributed by atoms with Crippen LogP contribution in [0.1, 0.15) is 5.56 Å². The molecule has 2 aliphatic heterocycles. The first-order valence-electron chi connectivity index (χ1n) is 7.59. The zero-order valence-corrected chi connectivity index (χ0v) is 13.9. The van der Waals surface area contributed by atoms with E-state index in [1.807, 2.05) is 0 Å². The third kappa shape index (κ3) is 3.23. The minimum atomic E-state index is -3.19. The molecule has 2 fully saturated rings. The van der Waals surface area contributed by atoms with Crippen LogP contribution in [0.4, 0.5) is 8.78 Å². The van der Waals surface area contributed by atoms with Gasteiger partial charge in [0.2, 0.25) is 5.82 Å². The van der Waals surface area contributed by atoms with Gasteiger partial charge in [-0.3, -0.25) is 4.79 Å². The van der Waals surface area contributed by atoms with E-state index < -0.39 is 40.0 Å². The average Bonchev–Trinajstić information content (AvgIpc) is 2.85. The zero-order valence-electron chi connectivity index (χ0n) is 13.1. The summed E-state index contributed by atoms with van der Waals surface area (Å²) in [6, 6.07) is 1.89. The van der Waals surface area contributed by atoms with Gasteiger partial charge in [0.1, 0.15) is 0 Å². The SMILES string of the molecule is Cc1ccc(OCC(=O)N2CCN[C@H]3CS(=O)(=O)C[C@H]32)c(F)c1F. The molecule has 0 bridgehead atoms. The Morgan fingerprint density at radius 3 is 2.83 bits per heavy atom.